The average molecular weight is 312 g/mol. The van der Waals surface area contributed by atoms with Gasteiger partial charge in [-0.05, 0) is 36.8 Å². The highest BCUT2D eigenvalue weighted by molar-refractivity contribution is 5.73. The van der Waals surface area contributed by atoms with Crippen molar-refractivity contribution in [1.29, 1.82) is 0 Å². The second kappa shape index (κ2) is 7.54. The van der Waals surface area contributed by atoms with E-state index in [1.165, 1.54) is 12.1 Å². The van der Waals surface area contributed by atoms with Crippen molar-refractivity contribution in [3.63, 3.8) is 0 Å². The van der Waals surface area contributed by atoms with Crippen LogP contribution >= 0.6 is 0 Å². The zero-order valence-corrected chi connectivity index (χ0v) is 12.6. The molecule has 0 saturated heterocycles. The predicted molar refractivity (Wildman–Crippen MR) is 79.5 cm³/mol. The molecule has 0 heterocycles. The van der Waals surface area contributed by atoms with Crippen LogP contribution < -0.4 is 10.6 Å². The van der Waals surface area contributed by atoms with Gasteiger partial charge in [-0.3, -0.25) is 0 Å². The lowest BCUT2D eigenvalue weighted by Gasteiger charge is -2.16. The van der Waals surface area contributed by atoms with E-state index in [-0.39, 0.29) is 24.6 Å². The van der Waals surface area contributed by atoms with Crippen LogP contribution in [0.4, 0.5) is 13.6 Å². The number of hydrogen-bond donors (Lipinski definition) is 3. The number of hydrogen-bond acceptors (Lipinski definition) is 2. The maximum Gasteiger partial charge on any atom is 0.314 e. The third-order valence-corrected chi connectivity index (χ3v) is 4.13. The lowest BCUT2D eigenvalue weighted by molar-refractivity contribution is 0.177. The van der Waals surface area contributed by atoms with Crippen LogP contribution in [0.15, 0.2) is 18.2 Å². The molecular formula is C16H22F2N2O2. The number of aliphatic hydroxyl groups excluding tert-OH is 1. The van der Waals surface area contributed by atoms with Crippen LogP contribution in [0.2, 0.25) is 0 Å². The fraction of sp³-hybridized carbons (Fsp3) is 0.562. The summed E-state index contributed by atoms with van der Waals surface area (Å²) in [6.07, 6.45) is 2.17. The zero-order chi connectivity index (χ0) is 16.1. The lowest BCUT2D eigenvalue weighted by atomic mass is 10.0. The molecule has 22 heavy (non-hydrogen) atoms. The minimum atomic E-state index is -0.613. The topological polar surface area (TPSA) is 61.4 Å². The van der Waals surface area contributed by atoms with E-state index in [4.69, 9.17) is 0 Å². The van der Waals surface area contributed by atoms with Crippen LogP contribution in [0.3, 0.4) is 0 Å². The molecule has 0 bridgehead atoms. The first kappa shape index (κ1) is 16.7. The van der Waals surface area contributed by atoms with Gasteiger partial charge in [0.25, 0.3) is 0 Å². The Labute approximate surface area is 128 Å². The predicted octanol–water partition coefficient (Wildman–Crippen LogP) is 2.53. The summed E-state index contributed by atoms with van der Waals surface area (Å²) < 4.78 is 26.5. The largest absolute Gasteiger partial charge is 0.393 e. The molecule has 1 aromatic rings. The summed E-state index contributed by atoms with van der Waals surface area (Å²) in [5.41, 5.74) is 0.376. The summed E-state index contributed by atoms with van der Waals surface area (Å²) >= 11 is 0. The van der Waals surface area contributed by atoms with Crippen LogP contribution in [-0.4, -0.2) is 30.3 Å². The van der Waals surface area contributed by atoms with E-state index in [0.717, 1.165) is 25.3 Å². The molecule has 0 spiro atoms. The van der Waals surface area contributed by atoms with Gasteiger partial charge in [-0.1, -0.05) is 13.0 Å². The maximum atomic E-state index is 13.6. The highest BCUT2D eigenvalue weighted by Gasteiger charge is 2.23. The summed E-state index contributed by atoms with van der Waals surface area (Å²) in [5.74, 6) is -1.15. The molecule has 2 rings (SSSR count). The van der Waals surface area contributed by atoms with E-state index in [1.807, 2.05) is 0 Å². The molecule has 1 saturated carbocycles. The van der Waals surface area contributed by atoms with Gasteiger partial charge in [0.05, 0.1) is 6.10 Å². The number of aliphatic hydroxyl groups is 1. The molecule has 2 amide bonds. The average Bonchev–Trinajstić information content (AvgIpc) is 2.88. The van der Waals surface area contributed by atoms with Gasteiger partial charge in [0, 0.05) is 25.1 Å². The van der Waals surface area contributed by atoms with Crippen LogP contribution in [-0.2, 0) is 0 Å². The molecule has 3 atom stereocenters. The Kier molecular flexibility index (Phi) is 5.71. The van der Waals surface area contributed by atoms with Gasteiger partial charge >= 0.3 is 6.03 Å². The molecule has 0 radical (unpaired) electrons. The summed E-state index contributed by atoms with van der Waals surface area (Å²) in [4.78, 5) is 11.7. The molecule has 6 heteroatoms. The quantitative estimate of drug-likeness (QED) is 0.782. The third kappa shape index (κ3) is 4.66. The Bertz CT molecular complexity index is 525. The van der Waals surface area contributed by atoms with Crippen molar-refractivity contribution in [1.82, 2.24) is 10.6 Å². The standard InChI is InChI=1S/C16H22F2N2O2/c1-10(14-5-3-12(17)7-15(14)18)8-19-16(22)20-9-11-2-4-13(21)6-11/h3,5,7,10-11,13,21H,2,4,6,8-9H2,1H3,(H2,19,20,22)/t10-,11+,13+/m1/s1. The maximum absolute atomic E-state index is 13.6. The van der Waals surface area contributed by atoms with Crippen molar-refractivity contribution in [3.8, 4) is 0 Å². The second-order valence-electron chi connectivity index (χ2n) is 5.99. The summed E-state index contributed by atoms with van der Waals surface area (Å²) in [6, 6.07) is 3.14. The first-order valence-corrected chi connectivity index (χ1v) is 7.60. The monoisotopic (exact) mass is 312 g/mol. The first-order chi connectivity index (χ1) is 10.5. The molecule has 122 valence electrons. The summed E-state index contributed by atoms with van der Waals surface area (Å²) in [6.45, 7) is 2.56. The smallest absolute Gasteiger partial charge is 0.314 e. The molecule has 0 unspecified atom stereocenters. The van der Waals surface area contributed by atoms with Crippen molar-refractivity contribution >= 4 is 6.03 Å². The van der Waals surface area contributed by atoms with E-state index in [2.05, 4.69) is 10.6 Å². The van der Waals surface area contributed by atoms with Crippen LogP contribution in [0, 0.1) is 17.6 Å². The fourth-order valence-corrected chi connectivity index (χ4v) is 2.79. The van der Waals surface area contributed by atoms with E-state index in [9.17, 15) is 18.7 Å². The van der Waals surface area contributed by atoms with Gasteiger partial charge < -0.3 is 15.7 Å². The number of nitrogens with one attached hydrogen (secondary N) is 2. The van der Waals surface area contributed by atoms with Gasteiger partial charge in [0.1, 0.15) is 11.6 Å². The Balaban J connectivity index is 1.73. The molecule has 3 N–H and O–H groups in total. The lowest BCUT2D eigenvalue weighted by Crippen LogP contribution is -2.39. The van der Waals surface area contributed by atoms with Crippen LogP contribution in [0.25, 0.3) is 0 Å². The van der Waals surface area contributed by atoms with Crippen molar-refractivity contribution in [2.75, 3.05) is 13.1 Å². The number of halogens is 2. The molecule has 0 aromatic heterocycles. The minimum Gasteiger partial charge on any atom is -0.393 e. The van der Waals surface area contributed by atoms with E-state index in [1.54, 1.807) is 6.92 Å². The van der Waals surface area contributed by atoms with Crippen molar-refractivity contribution < 1.29 is 18.7 Å². The van der Waals surface area contributed by atoms with Crippen molar-refractivity contribution in [2.24, 2.45) is 5.92 Å². The Morgan fingerprint density at radius 1 is 1.36 bits per heavy atom. The van der Waals surface area contributed by atoms with Crippen LogP contribution in [0.1, 0.15) is 37.7 Å². The third-order valence-electron chi connectivity index (χ3n) is 4.13. The van der Waals surface area contributed by atoms with E-state index in [0.29, 0.717) is 18.0 Å². The number of amides is 2. The molecule has 0 aliphatic heterocycles. The van der Waals surface area contributed by atoms with Gasteiger partial charge in [-0.2, -0.15) is 0 Å². The van der Waals surface area contributed by atoms with Crippen molar-refractivity contribution in [3.05, 3.63) is 35.4 Å². The number of rotatable bonds is 5. The Morgan fingerprint density at radius 2 is 2.14 bits per heavy atom. The Hall–Kier alpha value is -1.69. The van der Waals surface area contributed by atoms with Gasteiger partial charge in [-0.25, -0.2) is 13.6 Å². The fourth-order valence-electron chi connectivity index (χ4n) is 2.79. The van der Waals surface area contributed by atoms with E-state index >= 15 is 0 Å². The number of urea groups is 1. The minimum absolute atomic E-state index is 0.250. The first-order valence-electron chi connectivity index (χ1n) is 7.60. The molecule has 1 fully saturated rings. The molecule has 1 aliphatic carbocycles. The molecular weight excluding hydrogens is 290 g/mol. The highest BCUT2D eigenvalue weighted by atomic mass is 19.1. The van der Waals surface area contributed by atoms with Gasteiger partial charge in [-0.15, -0.1) is 0 Å². The number of carbonyl (C=O) groups is 1. The number of carbonyl (C=O) groups excluding carboxylic acids is 1. The highest BCUT2D eigenvalue weighted by Crippen LogP contribution is 2.24. The molecule has 1 aromatic carbocycles. The van der Waals surface area contributed by atoms with Crippen molar-refractivity contribution in [2.45, 2.75) is 38.2 Å². The normalized spacial score (nSPS) is 22.4. The second-order valence-corrected chi connectivity index (χ2v) is 5.99. The SMILES string of the molecule is C[C@H](CNC(=O)NC[C@H]1CC[C@H](O)C1)c1ccc(F)cc1F. The van der Waals surface area contributed by atoms with E-state index < -0.39 is 11.6 Å². The zero-order valence-electron chi connectivity index (χ0n) is 12.6. The van der Waals surface area contributed by atoms with Gasteiger partial charge in [0.15, 0.2) is 0 Å². The molecule has 1 aliphatic rings. The summed E-state index contributed by atoms with van der Waals surface area (Å²) in [5, 5.41) is 14.9. The summed E-state index contributed by atoms with van der Waals surface area (Å²) in [7, 11) is 0. The van der Waals surface area contributed by atoms with Gasteiger partial charge in [0.2, 0.25) is 0 Å². The molecule has 4 nitrogen and oxygen atoms in total. The van der Waals surface area contributed by atoms with Crippen LogP contribution in [0.5, 0.6) is 0 Å². The Morgan fingerprint density at radius 3 is 2.77 bits per heavy atom. The number of benzene rings is 1.